The molecule has 1 rings (SSSR count). The van der Waals surface area contributed by atoms with Crippen molar-refractivity contribution < 1.29 is 4.74 Å². The number of hydrogen-bond acceptors (Lipinski definition) is 1. The average Bonchev–Trinajstić information content (AvgIpc) is 1.90. The topological polar surface area (TPSA) is 9.23 Å². The molecule has 0 fully saturated rings. The van der Waals surface area contributed by atoms with Gasteiger partial charge in [0.05, 0.1) is 6.10 Å². The normalized spacial score (nSPS) is 34.9. The van der Waals surface area contributed by atoms with Gasteiger partial charge in [-0.05, 0) is 18.8 Å². The molecule has 0 aliphatic heterocycles. The third-order valence-electron chi connectivity index (χ3n) is 1.86. The Morgan fingerprint density at radius 1 is 1.33 bits per heavy atom. The first-order valence-corrected chi connectivity index (χ1v) is 3.54. The van der Waals surface area contributed by atoms with Crippen LogP contribution in [0.4, 0.5) is 0 Å². The summed E-state index contributed by atoms with van der Waals surface area (Å²) in [7, 11) is 1.77. The van der Waals surface area contributed by atoms with Gasteiger partial charge in [-0.15, -0.1) is 0 Å². The monoisotopic (exact) mass is 126 g/mol. The van der Waals surface area contributed by atoms with Crippen LogP contribution in [0.3, 0.4) is 0 Å². The Kier molecular flexibility index (Phi) is 2.29. The Labute approximate surface area is 56.7 Å². The molecular weight excluding hydrogens is 112 g/mol. The van der Waals surface area contributed by atoms with Crippen molar-refractivity contribution in [3.05, 3.63) is 12.2 Å². The summed E-state index contributed by atoms with van der Waals surface area (Å²) in [5.74, 6) is 0.761. The molecule has 0 N–H and O–H groups in total. The van der Waals surface area contributed by atoms with Gasteiger partial charge < -0.3 is 4.74 Å². The lowest BCUT2D eigenvalue weighted by Gasteiger charge is -2.18. The number of methoxy groups -OCH3 is 1. The Bertz CT molecular complexity index is 107. The SMILES string of the molecule is CO[C@@H]1C=C[C@@H](C)CC1. The highest BCUT2D eigenvalue weighted by Crippen LogP contribution is 2.17. The zero-order valence-corrected chi connectivity index (χ0v) is 6.13. The van der Waals surface area contributed by atoms with Gasteiger partial charge in [0.2, 0.25) is 0 Å². The summed E-state index contributed by atoms with van der Waals surface area (Å²) in [5.41, 5.74) is 0. The quantitative estimate of drug-likeness (QED) is 0.488. The van der Waals surface area contributed by atoms with Crippen LogP contribution in [0.1, 0.15) is 19.8 Å². The van der Waals surface area contributed by atoms with Crippen LogP contribution in [0.5, 0.6) is 0 Å². The van der Waals surface area contributed by atoms with E-state index < -0.39 is 0 Å². The molecule has 1 nitrogen and oxygen atoms in total. The van der Waals surface area contributed by atoms with E-state index in [2.05, 4.69) is 19.1 Å². The second kappa shape index (κ2) is 3.02. The molecule has 0 amide bonds. The summed E-state index contributed by atoms with van der Waals surface area (Å²) in [6.07, 6.45) is 7.25. The van der Waals surface area contributed by atoms with Crippen molar-refractivity contribution >= 4 is 0 Å². The summed E-state index contributed by atoms with van der Waals surface area (Å²) in [6, 6.07) is 0. The van der Waals surface area contributed by atoms with Crippen LogP contribution in [-0.2, 0) is 4.74 Å². The Morgan fingerprint density at radius 2 is 2.11 bits per heavy atom. The summed E-state index contributed by atoms with van der Waals surface area (Å²) in [5, 5.41) is 0. The first kappa shape index (κ1) is 6.81. The van der Waals surface area contributed by atoms with Crippen LogP contribution in [0.25, 0.3) is 0 Å². The molecule has 0 aromatic carbocycles. The Morgan fingerprint density at radius 3 is 2.56 bits per heavy atom. The molecule has 52 valence electrons. The molecule has 1 aliphatic carbocycles. The smallest absolute Gasteiger partial charge is 0.0752 e. The molecular formula is C8H14O. The van der Waals surface area contributed by atoms with Gasteiger partial charge in [0.25, 0.3) is 0 Å². The molecule has 0 bridgehead atoms. The summed E-state index contributed by atoms with van der Waals surface area (Å²) in [6.45, 7) is 2.24. The lowest BCUT2D eigenvalue weighted by molar-refractivity contribution is 0.123. The van der Waals surface area contributed by atoms with Crippen molar-refractivity contribution in [1.29, 1.82) is 0 Å². The fourth-order valence-corrected chi connectivity index (χ4v) is 1.13. The van der Waals surface area contributed by atoms with E-state index in [-0.39, 0.29) is 0 Å². The van der Waals surface area contributed by atoms with Gasteiger partial charge in [0, 0.05) is 7.11 Å². The molecule has 0 aromatic rings. The maximum absolute atomic E-state index is 5.15. The molecule has 9 heavy (non-hydrogen) atoms. The first-order chi connectivity index (χ1) is 4.33. The molecule has 0 spiro atoms. The van der Waals surface area contributed by atoms with E-state index >= 15 is 0 Å². The van der Waals surface area contributed by atoms with E-state index in [9.17, 15) is 0 Å². The lowest BCUT2D eigenvalue weighted by Crippen LogP contribution is -2.12. The van der Waals surface area contributed by atoms with Crippen molar-refractivity contribution in [2.24, 2.45) is 5.92 Å². The maximum atomic E-state index is 5.15. The first-order valence-electron chi connectivity index (χ1n) is 3.54. The second-order valence-electron chi connectivity index (χ2n) is 2.71. The van der Waals surface area contributed by atoms with Gasteiger partial charge in [0.1, 0.15) is 0 Å². The molecule has 1 heteroatoms. The van der Waals surface area contributed by atoms with Gasteiger partial charge in [-0.1, -0.05) is 19.1 Å². The summed E-state index contributed by atoms with van der Waals surface area (Å²) < 4.78 is 5.15. The highest BCUT2D eigenvalue weighted by atomic mass is 16.5. The van der Waals surface area contributed by atoms with E-state index in [4.69, 9.17) is 4.74 Å². The zero-order valence-electron chi connectivity index (χ0n) is 6.13. The molecule has 0 radical (unpaired) electrons. The van der Waals surface area contributed by atoms with Gasteiger partial charge in [-0.3, -0.25) is 0 Å². The predicted molar refractivity (Wildman–Crippen MR) is 38.3 cm³/mol. The molecule has 0 unspecified atom stereocenters. The molecule has 0 saturated carbocycles. The van der Waals surface area contributed by atoms with Crippen LogP contribution in [0, 0.1) is 5.92 Å². The van der Waals surface area contributed by atoms with Crippen LogP contribution in [-0.4, -0.2) is 13.2 Å². The summed E-state index contributed by atoms with van der Waals surface area (Å²) >= 11 is 0. The molecule has 1 aliphatic rings. The molecule has 0 saturated heterocycles. The molecule has 2 atom stereocenters. The van der Waals surface area contributed by atoms with E-state index in [0.29, 0.717) is 6.10 Å². The van der Waals surface area contributed by atoms with Crippen LogP contribution in [0.15, 0.2) is 12.2 Å². The number of ether oxygens (including phenoxy) is 1. The standard InChI is InChI=1S/C8H14O/c1-7-3-5-8(9-2)6-4-7/h3,5,7-8H,4,6H2,1-2H3/t7-,8-/m1/s1. The second-order valence-corrected chi connectivity index (χ2v) is 2.71. The third kappa shape index (κ3) is 1.83. The van der Waals surface area contributed by atoms with Crippen molar-refractivity contribution in [1.82, 2.24) is 0 Å². The van der Waals surface area contributed by atoms with Crippen molar-refractivity contribution in [3.8, 4) is 0 Å². The number of hydrogen-bond donors (Lipinski definition) is 0. The summed E-state index contributed by atoms with van der Waals surface area (Å²) in [4.78, 5) is 0. The van der Waals surface area contributed by atoms with Crippen molar-refractivity contribution in [3.63, 3.8) is 0 Å². The Hall–Kier alpha value is -0.300. The third-order valence-corrected chi connectivity index (χ3v) is 1.86. The fraction of sp³-hybridized carbons (Fsp3) is 0.750. The number of allylic oxidation sites excluding steroid dienone is 1. The van der Waals surface area contributed by atoms with Gasteiger partial charge in [0.15, 0.2) is 0 Å². The van der Waals surface area contributed by atoms with Gasteiger partial charge in [-0.2, -0.15) is 0 Å². The van der Waals surface area contributed by atoms with Crippen molar-refractivity contribution in [2.75, 3.05) is 7.11 Å². The lowest BCUT2D eigenvalue weighted by atomic mass is 9.96. The largest absolute Gasteiger partial charge is 0.377 e. The fourth-order valence-electron chi connectivity index (χ4n) is 1.13. The Balaban J connectivity index is 2.38. The molecule has 0 heterocycles. The van der Waals surface area contributed by atoms with E-state index in [1.165, 1.54) is 12.8 Å². The van der Waals surface area contributed by atoms with E-state index in [0.717, 1.165) is 5.92 Å². The van der Waals surface area contributed by atoms with Crippen molar-refractivity contribution in [2.45, 2.75) is 25.9 Å². The van der Waals surface area contributed by atoms with Gasteiger partial charge >= 0.3 is 0 Å². The minimum absolute atomic E-state index is 0.390. The molecule has 0 aromatic heterocycles. The number of rotatable bonds is 1. The minimum atomic E-state index is 0.390. The van der Waals surface area contributed by atoms with Crippen LogP contribution in [0.2, 0.25) is 0 Å². The van der Waals surface area contributed by atoms with Crippen LogP contribution < -0.4 is 0 Å². The van der Waals surface area contributed by atoms with Crippen LogP contribution >= 0.6 is 0 Å². The maximum Gasteiger partial charge on any atom is 0.0752 e. The minimum Gasteiger partial charge on any atom is -0.377 e. The van der Waals surface area contributed by atoms with E-state index in [1.54, 1.807) is 7.11 Å². The highest BCUT2D eigenvalue weighted by molar-refractivity contribution is 4.97. The zero-order chi connectivity index (χ0) is 6.69. The average molecular weight is 126 g/mol. The predicted octanol–water partition coefficient (Wildman–Crippen LogP) is 1.99. The van der Waals surface area contributed by atoms with Gasteiger partial charge in [-0.25, -0.2) is 0 Å². The highest BCUT2D eigenvalue weighted by Gasteiger charge is 2.10. The van der Waals surface area contributed by atoms with E-state index in [1.807, 2.05) is 0 Å².